The highest BCUT2D eigenvalue weighted by Crippen LogP contribution is 2.38. The van der Waals surface area contributed by atoms with E-state index in [1.807, 2.05) is 6.07 Å². The minimum Gasteiger partial charge on any atom is -0.310 e. The molecule has 1 fully saturated rings. The molecule has 0 spiro atoms. The maximum absolute atomic E-state index is 11.5. The lowest BCUT2D eigenvalue weighted by atomic mass is 10.3. The maximum Gasteiger partial charge on any atom is 0.228 e. The number of nitrogens with zero attached hydrogens (tertiary/aromatic N) is 1. The number of aromatic nitrogens is 1. The van der Waals surface area contributed by atoms with Crippen molar-refractivity contribution in [3.8, 4) is 0 Å². The van der Waals surface area contributed by atoms with Crippen LogP contribution in [0.1, 0.15) is 13.3 Å². The van der Waals surface area contributed by atoms with Crippen molar-refractivity contribution in [3.63, 3.8) is 0 Å². The predicted octanol–water partition coefficient (Wildman–Crippen LogP) is 2.44. The molecule has 0 radical (unpaired) electrons. The fraction of sp³-hybridized carbons (Fsp3) is 0.400. The number of rotatable bonds is 2. The first-order valence-corrected chi connectivity index (χ1v) is 5.38. The molecule has 1 aromatic rings. The summed E-state index contributed by atoms with van der Waals surface area (Å²) >= 11 is 3.29. The monoisotopic (exact) mass is 254 g/mol. The third-order valence-corrected chi connectivity index (χ3v) is 2.89. The second kappa shape index (κ2) is 3.69. The van der Waals surface area contributed by atoms with Gasteiger partial charge in [0.05, 0.1) is 0 Å². The molecule has 14 heavy (non-hydrogen) atoms. The Kier molecular flexibility index (Phi) is 2.54. The molecule has 1 heterocycles. The lowest BCUT2D eigenvalue weighted by Gasteiger charge is -2.02. The van der Waals surface area contributed by atoms with Crippen molar-refractivity contribution in [2.45, 2.75) is 13.3 Å². The molecule has 1 aromatic heterocycles. The Morgan fingerprint density at radius 3 is 2.86 bits per heavy atom. The molecule has 0 aromatic carbocycles. The van der Waals surface area contributed by atoms with Crippen LogP contribution in [0.15, 0.2) is 22.8 Å². The summed E-state index contributed by atoms with van der Waals surface area (Å²) in [6.45, 7) is 2.08. The number of anilines is 1. The van der Waals surface area contributed by atoms with Gasteiger partial charge in [-0.3, -0.25) is 4.79 Å². The van der Waals surface area contributed by atoms with Crippen LogP contribution in [0.25, 0.3) is 0 Å². The van der Waals surface area contributed by atoms with E-state index in [2.05, 4.69) is 33.2 Å². The summed E-state index contributed by atoms with van der Waals surface area (Å²) < 4.78 is 0.912. The smallest absolute Gasteiger partial charge is 0.228 e. The first-order valence-electron chi connectivity index (χ1n) is 4.59. The summed E-state index contributed by atoms with van der Waals surface area (Å²) in [5.74, 6) is 1.44. The molecule has 2 rings (SSSR count). The molecule has 1 amide bonds. The van der Waals surface area contributed by atoms with Crippen molar-refractivity contribution in [2.75, 3.05) is 5.32 Å². The van der Waals surface area contributed by atoms with Crippen LogP contribution in [0.4, 0.5) is 5.82 Å². The number of halogens is 1. The number of carbonyl (C=O) groups is 1. The number of carbonyl (C=O) groups excluding carboxylic acids is 1. The molecule has 1 aliphatic carbocycles. The third kappa shape index (κ3) is 2.12. The van der Waals surface area contributed by atoms with Gasteiger partial charge in [0.1, 0.15) is 5.82 Å². The van der Waals surface area contributed by atoms with Crippen LogP contribution >= 0.6 is 15.9 Å². The topological polar surface area (TPSA) is 42.0 Å². The standard InChI is InChI=1S/C10H11BrN2O/c1-6-4-8(6)10(14)13-9-3-2-7(11)5-12-9/h2-3,5-6,8H,4H2,1H3,(H,12,13,14)/t6-,8+/m0/s1. The molecule has 4 heteroatoms. The molecule has 1 aliphatic rings. The van der Waals surface area contributed by atoms with Crippen molar-refractivity contribution in [1.82, 2.24) is 4.98 Å². The zero-order valence-electron chi connectivity index (χ0n) is 7.83. The number of nitrogens with one attached hydrogen (secondary N) is 1. The summed E-state index contributed by atoms with van der Waals surface area (Å²) in [7, 11) is 0. The van der Waals surface area contributed by atoms with Crippen molar-refractivity contribution in [3.05, 3.63) is 22.8 Å². The third-order valence-electron chi connectivity index (χ3n) is 2.42. The van der Waals surface area contributed by atoms with Gasteiger partial charge in [0, 0.05) is 16.6 Å². The van der Waals surface area contributed by atoms with Gasteiger partial charge < -0.3 is 5.32 Å². The Morgan fingerprint density at radius 2 is 2.36 bits per heavy atom. The van der Waals surface area contributed by atoms with Crippen molar-refractivity contribution < 1.29 is 4.79 Å². The average Bonchev–Trinajstić information content (AvgIpc) is 2.87. The molecular formula is C10H11BrN2O. The Bertz CT molecular complexity index is 350. The van der Waals surface area contributed by atoms with E-state index in [0.29, 0.717) is 11.7 Å². The first kappa shape index (κ1) is 9.65. The number of hydrogen-bond donors (Lipinski definition) is 1. The number of hydrogen-bond acceptors (Lipinski definition) is 2. The van der Waals surface area contributed by atoms with E-state index < -0.39 is 0 Å². The molecule has 0 bridgehead atoms. The Hall–Kier alpha value is -0.900. The Balaban J connectivity index is 1.97. The highest BCUT2D eigenvalue weighted by Gasteiger charge is 2.39. The van der Waals surface area contributed by atoms with Crippen molar-refractivity contribution in [2.24, 2.45) is 11.8 Å². The summed E-state index contributed by atoms with van der Waals surface area (Å²) in [5.41, 5.74) is 0. The van der Waals surface area contributed by atoms with Crippen LogP contribution in [-0.4, -0.2) is 10.9 Å². The van der Waals surface area contributed by atoms with Gasteiger partial charge in [-0.15, -0.1) is 0 Å². The van der Waals surface area contributed by atoms with Crippen LogP contribution < -0.4 is 5.32 Å². The molecule has 3 nitrogen and oxygen atoms in total. The maximum atomic E-state index is 11.5. The summed E-state index contributed by atoms with van der Waals surface area (Å²) in [5, 5.41) is 2.79. The fourth-order valence-electron chi connectivity index (χ4n) is 1.36. The van der Waals surface area contributed by atoms with Crippen LogP contribution in [0.2, 0.25) is 0 Å². The minimum absolute atomic E-state index is 0.0901. The van der Waals surface area contributed by atoms with Crippen molar-refractivity contribution >= 4 is 27.7 Å². The van der Waals surface area contributed by atoms with Gasteiger partial charge in [0.25, 0.3) is 0 Å². The number of amides is 1. The Morgan fingerprint density at radius 1 is 1.64 bits per heavy atom. The van der Waals surface area contributed by atoms with Crippen LogP contribution in [0.5, 0.6) is 0 Å². The van der Waals surface area contributed by atoms with E-state index in [1.165, 1.54) is 0 Å². The van der Waals surface area contributed by atoms with Gasteiger partial charge in [-0.2, -0.15) is 0 Å². The zero-order valence-corrected chi connectivity index (χ0v) is 9.41. The summed E-state index contributed by atoms with van der Waals surface area (Å²) in [6.07, 6.45) is 2.67. The minimum atomic E-state index is 0.0901. The predicted molar refractivity (Wildman–Crippen MR) is 57.8 cm³/mol. The normalized spacial score (nSPS) is 24.4. The highest BCUT2D eigenvalue weighted by atomic mass is 79.9. The summed E-state index contributed by atoms with van der Waals surface area (Å²) in [6, 6.07) is 3.65. The second-order valence-corrected chi connectivity index (χ2v) is 4.59. The molecule has 74 valence electrons. The quantitative estimate of drug-likeness (QED) is 0.881. The van der Waals surface area contributed by atoms with Gasteiger partial charge in [0.15, 0.2) is 0 Å². The largest absolute Gasteiger partial charge is 0.310 e. The van der Waals surface area contributed by atoms with E-state index >= 15 is 0 Å². The van der Waals surface area contributed by atoms with Crippen molar-refractivity contribution in [1.29, 1.82) is 0 Å². The van der Waals surface area contributed by atoms with Crippen LogP contribution in [0, 0.1) is 11.8 Å². The molecule has 0 unspecified atom stereocenters. The van der Waals surface area contributed by atoms with Crippen LogP contribution in [-0.2, 0) is 4.79 Å². The van der Waals surface area contributed by atoms with E-state index in [0.717, 1.165) is 10.9 Å². The molecule has 1 N–H and O–H groups in total. The zero-order chi connectivity index (χ0) is 10.1. The fourth-order valence-corrected chi connectivity index (χ4v) is 1.59. The van der Waals surface area contributed by atoms with E-state index in [4.69, 9.17) is 0 Å². The van der Waals surface area contributed by atoms with Gasteiger partial charge in [0.2, 0.25) is 5.91 Å². The lowest BCUT2D eigenvalue weighted by Crippen LogP contribution is -2.15. The average molecular weight is 255 g/mol. The molecular weight excluding hydrogens is 244 g/mol. The van der Waals surface area contributed by atoms with E-state index in [9.17, 15) is 4.79 Å². The van der Waals surface area contributed by atoms with Gasteiger partial charge in [-0.25, -0.2) is 4.98 Å². The molecule has 1 saturated carbocycles. The number of pyridine rings is 1. The van der Waals surface area contributed by atoms with E-state index in [1.54, 1.807) is 12.3 Å². The second-order valence-electron chi connectivity index (χ2n) is 3.67. The SMILES string of the molecule is C[C@H]1C[C@H]1C(=O)Nc1ccc(Br)cn1. The van der Waals surface area contributed by atoms with E-state index in [-0.39, 0.29) is 11.8 Å². The molecule has 2 atom stereocenters. The Labute approximate surface area is 91.0 Å². The van der Waals surface area contributed by atoms with Crippen LogP contribution in [0.3, 0.4) is 0 Å². The molecule has 0 saturated heterocycles. The van der Waals surface area contributed by atoms with Gasteiger partial charge in [-0.05, 0) is 40.4 Å². The van der Waals surface area contributed by atoms with Gasteiger partial charge >= 0.3 is 0 Å². The summed E-state index contributed by atoms with van der Waals surface area (Å²) in [4.78, 5) is 15.6. The lowest BCUT2D eigenvalue weighted by molar-refractivity contribution is -0.117. The molecule has 0 aliphatic heterocycles. The first-order chi connectivity index (χ1) is 6.66. The highest BCUT2D eigenvalue weighted by molar-refractivity contribution is 9.10. The van der Waals surface area contributed by atoms with Gasteiger partial charge in [-0.1, -0.05) is 6.92 Å².